The fourth-order valence-electron chi connectivity index (χ4n) is 1.84. The van der Waals surface area contributed by atoms with Gasteiger partial charge in [-0.05, 0) is 32.9 Å². The van der Waals surface area contributed by atoms with Gasteiger partial charge in [0.1, 0.15) is 16.6 Å². The molecule has 0 saturated carbocycles. The van der Waals surface area contributed by atoms with Crippen LogP contribution < -0.4 is 11.1 Å². The van der Waals surface area contributed by atoms with Crippen LogP contribution in [-0.2, 0) is 4.74 Å². The number of hydrogen-bond acceptors (Lipinski definition) is 7. The van der Waals surface area contributed by atoms with Crippen molar-refractivity contribution in [1.82, 2.24) is 9.97 Å². The lowest BCUT2D eigenvalue weighted by Gasteiger charge is -2.18. The van der Waals surface area contributed by atoms with E-state index in [1.807, 2.05) is 6.07 Å². The average molecular weight is 306 g/mol. The predicted octanol–water partition coefficient (Wildman–Crippen LogP) is 3.37. The number of fused-ring (bicyclic) bond motifs is 3. The second-order valence-electron chi connectivity index (χ2n) is 5.46. The average Bonchev–Trinajstić information content (AvgIpc) is 2.87. The van der Waals surface area contributed by atoms with Crippen molar-refractivity contribution in [3.05, 3.63) is 12.1 Å². The molecular formula is C13H14N4O3S. The normalized spacial score (nSPS) is 12.0. The zero-order valence-corrected chi connectivity index (χ0v) is 12.6. The SMILES string of the molecule is CC(C)(C)OC(=O)Nc1nc2ccc3sc(N)nc3c2o1. The number of benzene rings is 1. The summed E-state index contributed by atoms with van der Waals surface area (Å²) in [5.41, 5.74) is 6.83. The van der Waals surface area contributed by atoms with Gasteiger partial charge in [0, 0.05) is 0 Å². The summed E-state index contributed by atoms with van der Waals surface area (Å²) in [6.07, 6.45) is -0.622. The minimum Gasteiger partial charge on any atom is -0.443 e. The molecule has 0 fully saturated rings. The van der Waals surface area contributed by atoms with E-state index in [-0.39, 0.29) is 6.01 Å². The largest absolute Gasteiger partial charge is 0.443 e. The molecule has 2 aromatic heterocycles. The third-order valence-electron chi connectivity index (χ3n) is 2.54. The van der Waals surface area contributed by atoms with Crippen molar-refractivity contribution >= 4 is 49.9 Å². The third kappa shape index (κ3) is 2.75. The van der Waals surface area contributed by atoms with Crippen LogP contribution in [0.15, 0.2) is 16.5 Å². The number of nitrogens with two attached hydrogens (primary N) is 1. The van der Waals surface area contributed by atoms with Crippen LogP contribution in [0.25, 0.3) is 21.3 Å². The van der Waals surface area contributed by atoms with Crippen molar-refractivity contribution in [2.24, 2.45) is 0 Å². The van der Waals surface area contributed by atoms with Gasteiger partial charge in [-0.3, -0.25) is 0 Å². The van der Waals surface area contributed by atoms with Crippen LogP contribution in [-0.4, -0.2) is 21.7 Å². The highest BCUT2D eigenvalue weighted by molar-refractivity contribution is 7.22. The summed E-state index contributed by atoms with van der Waals surface area (Å²) in [4.78, 5) is 20.1. The van der Waals surface area contributed by atoms with Crippen LogP contribution in [0, 0.1) is 0 Å². The van der Waals surface area contributed by atoms with Gasteiger partial charge in [0.15, 0.2) is 10.7 Å². The molecule has 0 unspecified atom stereocenters. The number of anilines is 2. The van der Waals surface area contributed by atoms with E-state index >= 15 is 0 Å². The van der Waals surface area contributed by atoms with Crippen LogP contribution in [0.4, 0.5) is 15.9 Å². The van der Waals surface area contributed by atoms with E-state index in [1.165, 1.54) is 11.3 Å². The first-order chi connectivity index (χ1) is 9.82. The molecule has 0 aliphatic heterocycles. The number of nitrogens with zero attached hydrogens (tertiary/aromatic N) is 2. The highest BCUT2D eigenvalue weighted by atomic mass is 32.1. The molecular weight excluding hydrogens is 292 g/mol. The zero-order valence-electron chi connectivity index (χ0n) is 11.8. The number of hydrogen-bond donors (Lipinski definition) is 2. The summed E-state index contributed by atoms with van der Waals surface area (Å²) < 4.78 is 11.6. The maximum atomic E-state index is 11.7. The molecule has 0 radical (unpaired) electrons. The molecule has 0 atom stereocenters. The molecule has 7 nitrogen and oxygen atoms in total. The topological polar surface area (TPSA) is 103 Å². The van der Waals surface area contributed by atoms with Crippen LogP contribution in [0.3, 0.4) is 0 Å². The van der Waals surface area contributed by atoms with Gasteiger partial charge in [-0.2, -0.15) is 4.98 Å². The maximum absolute atomic E-state index is 11.7. The fraction of sp³-hybridized carbons (Fsp3) is 0.308. The summed E-state index contributed by atoms with van der Waals surface area (Å²) in [6.45, 7) is 5.33. The molecule has 8 heteroatoms. The monoisotopic (exact) mass is 306 g/mol. The summed E-state index contributed by atoms with van der Waals surface area (Å²) in [5.74, 6) is 0. The lowest BCUT2D eigenvalue weighted by atomic mass is 10.2. The third-order valence-corrected chi connectivity index (χ3v) is 3.39. The minimum atomic E-state index is -0.622. The fourth-order valence-corrected chi connectivity index (χ4v) is 2.57. The zero-order chi connectivity index (χ0) is 15.2. The van der Waals surface area contributed by atoms with E-state index in [1.54, 1.807) is 26.8 Å². The van der Waals surface area contributed by atoms with Gasteiger partial charge in [0.2, 0.25) is 0 Å². The first-order valence-electron chi connectivity index (χ1n) is 6.27. The Labute approximate surface area is 124 Å². The molecule has 3 aromatic rings. The Hall–Kier alpha value is -2.35. The van der Waals surface area contributed by atoms with Crippen molar-refractivity contribution in [2.75, 3.05) is 11.1 Å². The minimum absolute atomic E-state index is 0.0679. The van der Waals surface area contributed by atoms with Gasteiger partial charge >= 0.3 is 12.1 Å². The summed E-state index contributed by atoms with van der Waals surface area (Å²) in [5, 5.41) is 2.92. The number of thiazole rings is 1. The number of rotatable bonds is 1. The number of ether oxygens (including phenoxy) is 1. The van der Waals surface area contributed by atoms with Crippen molar-refractivity contribution in [3.8, 4) is 0 Å². The molecule has 110 valence electrons. The number of carbonyl (C=O) groups is 1. The van der Waals surface area contributed by atoms with Crippen LogP contribution in [0.5, 0.6) is 0 Å². The highest BCUT2D eigenvalue weighted by Gasteiger charge is 2.19. The Balaban J connectivity index is 1.94. The summed E-state index contributed by atoms with van der Waals surface area (Å²) in [6, 6.07) is 3.73. The Morgan fingerprint density at radius 1 is 1.38 bits per heavy atom. The maximum Gasteiger partial charge on any atom is 0.415 e. The van der Waals surface area contributed by atoms with Crippen LogP contribution in [0.1, 0.15) is 20.8 Å². The van der Waals surface area contributed by atoms with E-state index < -0.39 is 11.7 Å². The molecule has 21 heavy (non-hydrogen) atoms. The van der Waals surface area contributed by atoms with Gasteiger partial charge in [-0.25, -0.2) is 15.1 Å². The molecule has 3 rings (SSSR count). The van der Waals surface area contributed by atoms with E-state index in [0.29, 0.717) is 21.7 Å². The van der Waals surface area contributed by atoms with E-state index in [2.05, 4.69) is 15.3 Å². The Morgan fingerprint density at radius 3 is 2.86 bits per heavy atom. The van der Waals surface area contributed by atoms with Crippen LogP contribution in [0.2, 0.25) is 0 Å². The van der Waals surface area contributed by atoms with Gasteiger partial charge in [-0.15, -0.1) is 0 Å². The van der Waals surface area contributed by atoms with E-state index in [4.69, 9.17) is 14.9 Å². The quantitative estimate of drug-likeness (QED) is 0.714. The van der Waals surface area contributed by atoms with Gasteiger partial charge in [0.25, 0.3) is 0 Å². The second-order valence-corrected chi connectivity index (χ2v) is 6.52. The second kappa shape index (κ2) is 4.59. The smallest absolute Gasteiger partial charge is 0.415 e. The molecule has 0 saturated heterocycles. The molecule has 1 aromatic carbocycles. The van der Waals surface area contributed by atoms with E-state index in [0.717, 1.165) is 4.70 Å². The molecule has 0 bridgehead atoms. The first kappa shape index (κ1) is 13.6. The number of nitrogens with one attached hydrogen (secondary N) is 1. The molecule has 1 amide bonds. The standard InChI is InChI=1S/C13H14N4O3S/c1-13(2,3)20-12(18)17-11-15-6-4-5-7-8(9(6)19-11)16-10(14)21-7/h4-5H,1-3H3,(H2,14,16)(H,15,17,18). The summed E-state index contributed by atoms with van der Waals surface area (Å²) >= 11 is 1.36. The number of amides is 1. The number of nitrogen functional groups attached to an aromatic ring is 1. The van der Waals surface area contributed by atoms with Gasteiger partial charge in [0.05, 0.1) is 4.70 Å². The molecule has 0 aliphatic carbocycles. The Kier molecular flexibility index (Phi) is 2.98. The predicted molar refractivity (Wildman–Crippen MR) is 81.5 cm³/mol. The van der Waals surface area contributed by atoms with Gasteiger partial charge < -0.3 is 14.9 Å². The summed E-state index contributed by atoms with van der Waals surface area (Å²) in [7, 11) is 0. The lowest BCUT2D eigenvalue weighted by Crippen LogP contribution is -2.27. The van der Waals surface area contributed by atoms with Gasteiger partial charge in [-0.1, -0.05) is 11.3 Å². The number of carbonyl (C=O) groups excluding carboxylic acids is 1. The molecule has 0 aliphatic rings. The van der Waals surface area contributed by atoms with Crippen LogP contribution >= 0.6 is 11.3 Å². The Morgan fingerprint density at radius 2 is 2.14 bits per heavy atom. The van der Waals surface area contributed by atoms with Crippen molar-refractivity contribution in [1.29, 1.82) is 0 Å². The molecule has 2 heterocycles. The van der Waals surface area contributed by atoms with Crippen molar-refractivity contribution < 1.29 is 13.9 Å². The lowest BCUT2D eigenvalue weighted by molar-refractivity contribution is 0.0632. The number of oxazole rings is 1. The molecule has 3 N–H and O–H groups in total. The Bertz CT molecular complexity index is 831. The number of aromatic nitrogens is 2. The van der Waals surface area contributed by atoms with Crippen molar-refractivity contribution in [3.63, 3.8) is 0 Å². The van der Waals surface area contributed by atoms with E-state index in [9.17, 15) is 4.79 Å². The van der Waals surface area contributed by atoms with Crippen molar-refractivity contribution in [2.45, 2.75) is 26.4 Å². The highest BCUT2D eigenvalue weighted by Crippen LogP contribution is 2.31. The molecule has 0 spiro atoms. The first-order valence-corrected chi connectivity index (χ1v) is 7.09.